The highest BCUT2D eigenvalue weighted by molar-refractivity contribution is 8.01. The molecule has 0 aliphatic carbocycles. The van der Waals surface area contributed by atoms with E-state index in [1.807, 2.05) is 23.6 Å². The van der Waals surface area contributed by atoms with Gasteiger partial charge in [0, 0.05) is 24.0 Å². The zero-order chi connectivity index (χ0) is 20.9. The predicted octanol–water partition coefficient (Wildman–Crippen LogP) is 5.34. The Hall–Kier alpha value is -2.06. The molecule has 1 aliphatic rings. The van der Waals surface area contributed by atoms with Crippen molar-refractivity contribution < 1.29 is 9.53 Å². The molecule has 1 fully saturated rings. The van der Waals surface area contributed by atoms with Crippen LogP contribution in [-0.4, -0.2) is 42.9 Å². The lowest BCUT2D eigenvalue weighted by atomic mass is 10.1. The molecule has 1 aliphatic heterocycles. The largest absolute Gasteiger partial charge is 0.378 e. The number of halogens is 1. The molecule has 8 heteroatoms. The molecule has 0 saturated carbocycles. The van der Waals surface area contributed by atoms with Crippen LogP contribution in [0.1, 0.15) is 5.56 Å². The Morgan fingerprint density at radius 3 is 2.77 bits per heavy atom. The third-order valence-corrected chi connectivity index (χ3v) is 7.07. The van der Waals surface area contributed by atoms with Crippen molar-refractivity contribution in [2.24, 2.45) is 0 Å². The molecule has 30 heavy (non-hydrogen) atoms. The van der Waals surface area contributed by atoms with Crippen LogP contribution in [0.2, 0.25) is 5.02 Å². The second kappa shape index (κ2) is 9.83. The number of aryl methyl sites for hydroxylation is 1. The van der Waals surface area contributed by atoms with Gasteiger partial charge in [0.05, 0.1) is 41.1 Å². The smallest absolute Gasteiger partial charge is 0.234 e. The van der Waals surface area contributed by atoms with Gasteiger partial charge in [-0.3, -0.25) is 4.79 Å². The number of nitrogens with zero attached hydrogens (tertiary/aromatic N) is 2. The zero-order valence-corrected chi connectivity index (χ0v) is 18.9. The van der Waals surface area contributed by atoms with E-state index in [2.05, 4.69) is 46.4 Å². The van der Waals surface area contributed by atoms with Crippen LogP contribution in [0.25, 0.3) is 11.3 Å². The number of nitrogens with one attached hydrogen (secondary N) is 1. The minimum Gasteiger partial charge on any atom is -0.378 e. The molecule has 0 spiro atoms. The van der Waals surface area contributed by atoms with Gasteiger partial charge in [-0.15, -0.1) is 11.3 Å². The van der Waals surface area contributed by atoms with Crippen LogP contribution in [0, 0.1) is 6.92 Å². The lowest BCUT2D eigenvalue weighted by Gasteiger charge is -2.31. The summed E-state index contributed by atoms with van der Waals surface area (Å²) < 4.78 is 6.30. The van der Waals surface area contributed by atoms with Crippen molar-refractivity contribution in [1.29, 1.82) is 0 Å². The molecule has 1 N–H and O–H groups in total. The first-order valence-corrected chi connectivity index (χ1v) is 11.9. The molecular weight excluding hydrogens is 438 g/mol. The second-order valence-electron chi connectivity index (χ2n) is 6.94. The molecule has 0 radical (unpaired) electrons. The van der Waals surface area contributed by atoms with E-state index >= 15 is 0 Å². The number of carbonyl (C=O) groups is 1. The summed E-state index contributed by atoms with van der Waals surface area (Å²) in [4.78, 5) is 19.4. The minimum atomic E-state index is -0.0798. The highest BCUT2D eigenvalue weighted by atomic mass is 35.5. The highest BCUT2D eigenvalue weighted by Gasteiger charge is 2.19. The van der Waals surface area contributed by atoms with Gasteiger partial charge >= 0.3 is 0 Å². The van der Waals surface area contributed by atoms with E-state index in [4.69, 9.17) is 16.3 Å². The van der Waals surface area contributed by atoms with Gasteiger partial charge in [-0.1, -0.05) is 59.3 Å². The Morgan fingerprint density at radius 2 is 2.00 bits per heavy atom. The Morgan fingerprint density at radius 1 is 1.23 bits per heavy atom. The van der Waals surface area contributed by atoms with Crippen molar-refractivity contribution in [3.63, 3.8) is 0 Å². The van der Waals surface area contributed by atoms with E-state index in [0.29, 0.717) is 18.2 Å². The van der Waals surface area contributed by atoms with Crippen LogP contribution in [0.5, 0.6) is 0 Å². The SMILES string of the molecule is Cc1ccc(-c2csc(SCC(=O)Nc3cccc(Cl)c3N3CCOCC3)n2)cc1. The summed E-state index contributed by atoms with van der Waals surface area (Å²) in [6.45, 7) is 4.88. The summed E-state index contributed by atoms with van der Waals surface area (Å²) in [5, 5.41) is 5.67. The fourth-order valence-corrected chi connectivity index (χ4v) is 5.15. The number of rotatable bonds is 6. The maximum atomic E-state index is 12.6. The molecule has 4 rings (SSSR count). The number of hydrogen-bond acceptors (Lipinski definition) is 6. The molecule has 3 aromatic rings. The van der Waals surface area contributed by atoms with E-state index in [0.717, 1.165) is 40.1 Å². The van der Waals surface area contributed by atoms with Gasteiger partial charge in [0.15, 0.2) is 4.34 Å². The number of thiazole rings is 1. The van der Waals surface area contributed by atoms with Crippen LogP contribution in [0.3, 0.4) is 0 Å². The number of carbonyl (C=O) groups excluding carboxylic acids is 1. The van der Waals surface area contributed by atoms with Crippen molar-refractivity contribution in [1.82, 2.24) is 4.98 Å². The van der Waals surface area contributed by atoms with Crippen molar-refractivity contribution in [3.05, 3.63) is 58.4 Å². The van der Waals surface area contributed by atoms with Crippen LogP contribution in [0.4, 0.5) is 11.4 Å². The molecule has 156 valence electrons. The first-order valence-electron chi connectivity index (χ1n) is 9.66. The average Bonchev–Trinajstić information content (AvgIpc) is 3.23. The van der Waals surface area contributed by atoms with Gasteiger partial charge in [0.25, 0.3) is 0 Å². The first kappa shape index (κ1) is 21.2. The number of hydrogen-bond donors (Lipinski definition) is 1. The summed E-state index contributed by atoms with van der Waals surface area (Å²) in [5.41, 5.74) is 4.83. The summed E-state index contributed by atoms with van der Waals surface area (Å²) in [5.74, 6) is 0.208. The standard InChI is InChI=1S/C22H22ClN3O2S2/c1-15-5-7-16(8-6-15)19-13-29-22(25-19)30-14-20(27)24-18-4-2-3-17(23)21(18)26-9-11-28-12-10-26/h2-8,13H,9-12,14H2,1H3,(H,24,27). The lowest BCUT2D eigenvalue weighted by molar-refractivity contribution is -0.113. The number of para-hydroxylation sites is 1. The van der Waals surface area contributed by atoms with Gasteiger partial charge in [-0.2, -0.15) is 0 Å². The monoisotopic (exact) mass is 459 g/mol. The maximum Gasteiger partial charge on any atom is 0.234 e. The van der Waals surface area contributed by atoms with E-state index in [1.54, 1.807) is 11.3 Å². The number of benzene rings is 2. The van der Waals surface area contributed by atoms with E-state index in [-0.39, 0.29) is 11.7 Å². The van der Waals surface area contributed by atoms with Crippen LogP contribution in [0.15, 0.2) is 52.2 Å². The average molecular weight is 460 g/mol. The number of morpholine rings is 1. The van der Waals surface area contributed by atoms with E-state index in [9.17, 15) is 4.79 Å². The Bertz CT molecular complexity index is 1020. The van der Waals surface area contributed by atoms with Crippen molar-refractivity contribution in [3.8, 4) is 11.3 Å². The quantitative estimate of drug-likeness (QED) is 0.504. The van der Waals surface area contributed by atoms with E-state index < -0.39 is 0 Å². The molecule has 0 atom stereocenters. The Labute approximate surface area is 189 Å². The van der Waals surface area contributed by atoms with E-state index in [1.165, 1.54) is 17.3 Å². The molecule has 0 bridgehead atoms. The zero-order valence-electron chi connectivity index (χ0n) is 16.6. The van der Waals surface area contributed by atoms with Crippen LogP contribution < -0.4 is 10.2 Å². The molecular formula is C22H22ClN3O2S2. The Kier molecular flexibility index (Phi) is 6.94. The number of anilines is 2. The van der Waals surface area contributed by atoms with Gasteiger partial charge in [0.2, 0.25) is 5.91 Å². The first-order chi connectivity index (χ1) is 14.6. The van der Waals surface area contributed by atoms with Crippen molar-refractivity contribution >= 4 is 52.0 Å². The Balaban J connectivity index is 1.39. The molecule has 1 amide bonds. The number of amides is 1. The summed E-state index contributed by atoms with van der Waals surface area (Å²) in [7, 11) is 0. The third kappa shape index (κ3) is 5.16. The summed E-state index contributed by atoms with van der Waals surface area (Å²) >= 11 is 9.44. The molecule has 5 nitrogen and oxygen atoms in total. The molecule has 1 aromatic heterocycles. The normalized spacial score (nSPS) is 14.0. The molecule has 1 saturated heterocycles. The number of ether oxygens (including phenoxy) is 1. The van der Waals surface area contributed by atoms with Crippen LogP contribution >= 0.6 is 34.7 Å². The topological polar surface area (TPSA) is 54.5 Å². The maximum absolute atomic E-state index is 12.6. The molecule has 2 heterocycles. The van der Waals surface area contributed by atoms with Crippen molar-refractivity contribution in [2.45, 2.75) is 11.3 Å². The third-order valence-electron chi connectivity index (χ3n) is 4.75. The molecule has 2 aromatic carbocycles. The predicted molar refractivity (Wildman–Crippen MR) is 126 cm³/mol. The van der Waals surface area contributed by atoms with Gasteiger partial charge < -0.3 is 15.0 Å². The van der Waals surface area contributed by atoms with Crippen molar-refractivity contribution in [2.75, 3.05) is 42.3 Å². The van der Waals surface area contributed by atoms with Gasteiger partial charge in [-0.05, 0) is 19.1 Å². The lowest BCUT2D eigenvalue weighted by Crippen LogP contribution is -2.37. The fraction of sp³-hybridized carbons (Fsp3) is 0.273. The highest BCUT2D eigenvalue weighted by Crippen LogP contribution is 2.35. The molecule has 0 unspecified atom stereocenters. The summed E-state index contributed by atoms with van der Waals surface area (Å²) in [6.07, 6.45) is 0. The van der Waals surface area contributed by atoms with Gasteiger partial charge in [0.1, 0.15) is 0 Å². The number of thioether (sulfide) groups is 1. The second-order valence-corrected chi connectivity index (χ2v) is 9.42. The van der Waals surface area contributed by atoms with Crippen LogP contribution in [-0.2, 0) is 9.53 Å². The fourth-order valence-electron chi connectivity index (χ4n) is 3.22. The minimum absolute atomic E-state index is 0.0798. The van der Waals surface area contributed by atoms with Gasteiger partial charge in [-0.25, -0.2) is 4.98 Å². The number of aromatic nitrogens is 1. The summed E-state index contributed by atoms with van der Waals surface area (Å²) in [6, 6.07) is 13.9.